The maximum absolute atomic E-state index is 12.1. The minimum Gasteiger partial charge on any atom is -0.311 e. The average molecular weight is 284 g/mol. The molecule has 2 N–H and O–H groups in total. The van der Waals surface area contributed by atoms with Gasteiger partial charge in [-0.15, -0.1) is 10.2 Å². The molecule has 2 aliphatic rings. The van der Waals surface area contributed by atoms with E-state index in [-0.39, 0.29) is 11.4 Å². The number of hydrogen-bond acceptors (Lipinski definition) is 5. The topological polar surface area (TPSA) is 90.9 Å². The molecule has 0 aromatic carbocycles. The van der Waals surface area contributed by atoms with E-state index in [9.17, 15) is 8.42 Å². The summed E-state index contributed by atoms with van der Waals surface area (Å²) in [7, 11) is -2.97. The number of rotatable bonds is 2. The summed E-state index contributed by atoms with van der Waals surface area (Å²) in [6.07, 6.45) is 5.70. The number of nitrogens with two attached hydrogens (primary N) is 1. The number of sulfone groups is 1. The monoisotopic (exact) mass is 284 g/mol. The maximum atomic E-state index is 12.1. The summed E-state index contributed by atoms with van der Waals surface area (Å²) in [6.45, 7) is 0. The van der Waals surface area contributed by atoms with Gasteiger partial charge < -0.3 is 5.73 Å². The average Bonchev–Trinajstić information content (AvgIpc) is 2.77. The van der Waals surface area contributed by atoms with Crippen LogP contribution in [0.15, 0.2) is 0 Å². The molecule has 2 aliphatic heterocycles. The Kier molecular flexibility index (Phi) is 3.34. The first-order valence-corrected chi connectivity index (χ1v) is 8.69. The van der Waals surface area contributed by atoms with E-state index < -0.39 is 9.84 Å². The smallest absolute Gasteiger partial charge is 0.153 e. The minimum absolute atomic E-state index is 0.0972. The minimum atomic E-state index is -2.97. The Bertz CT molecular complexity index is 566. The van der Waals surface area contributed by atoms with E-state index in [0.29, 0.717) is 12.2 Å². The van der Waals surface area contributed by atoms with E-state index in [1.54, 1.807) is 0 Å². The number of fused-ring (bicyclic) bond motifs is 1. The van der Waals surface area contributed by atoms with Gasteiger partial charge >= 0.3 is 0 Å². The van der Waals surface area contributed by atoms with E-state index in [4.69, 9.17) is 5.73 Å². The van der Waals surface area contributed by atoms with E-state index >= 15 is 0 Å². The Morgan fingerprint density at radius 3 is 2.84 bits per heavy atom. The van der Waals surface area contributed by atoms with Crippen LogP contribution in [0.3, 0.4) is 0 Å². The molecule has 106 valence electrons. The molecule has 7 heteroatoms. The second kappa shape index (κ2) is 4.86. The van der Waals surface area contributed by atoms with Crippen molar-refractivity contribution >= 4 is 9.84 Å². The molecule has 0 saturated carbocycles. The highest BCUT2D eigenvalue weighted by Crippen LogP contribution is 2.26. The highest BCUT2D eigenvalue weighted by Gasteiger charge is 2.32. The van der Waals surface area contributed by atoms with Crippen molar-refractivity contribution in [1.82, 2.24) is 14.8 Å². The van der Waals surface area contributed by atoms with E-state index in [0.717, 1.165) is 50.2 Å². The number of aromatic nitrogens is 3. The Hall–Kier alpha value is -0.950. The molecule has 1 aromatic rings. The summed E-state index contributed by atoms with van der Waals surface area (Å²) in [5.74, 6) is 1.96. The molecule has 3 rings (SSSR count). The summed E-state index contributed by atoms with van der Waals surface area (Å²) in [5.41, 5.74) is 6.10. The van der Waals surface area contributed by atoms with Crippen LogP contribution in [0.4, 0.5) is 0 Å². The fourth-order valence-electron chi connectivity index (χ4n) is 3.11. The fraction of sp³-hybridized carbons (Fsp3) is 0.833. The molecule has 0 aliphatic carbocycles. The van der Waals surface area contributed by atoms with Crippen LogP contribution in [-0.2, 0) is 22.7 Å². The lowest BCUT2D eigenvalue weighted by Crippen LogP contribution is -2.33. The first kappa shape index (κ1) is 13.1. The van der Waals surface area contributed by atoms with Gasteiger partial charge in [-0.3, -0.25) is 4.57 Å². The van der Waals surface area contributed by atoms with Crippen molar-refractivity contribution in [3.05, 3.63) is 11.6 Å². The predicted molar refractivity (Wildman–Crippen MR) is 71.3 cm³/mol. The van der Waals surface area contributed by atoms with Crippen LogP contribution in [0.2, 0.25) is 0 Å². The first-order valence-electron chi connectivity index (χ1n) is 6.98. The number of nitrogens with zero attached hydrogens (tertiary/aromatic N) is 3. The van der Waals surface area contributed by atoms with Crippen molar-refractivity contribution in [1.29, 1.82) is 0 Å². The molecule has 2 unspecified atom stereocenters. The highest BCUT2D eigenvalue weighted by atomic mass is 32.2. The van der Waals surface area contributed by atoms with Crippen LogP contribution in [0.5, 0.6) is 0 Å². The Labute approximate surface area is 113 Å². The van der Waals surface area contributed by atoms with Gasteiger partial charge in [0.25, 0.3) is 0 Å². The zero-order valence-corrected chi connectivity index (χ0v) is 11.8. The van der Waals surface area contributed by atoms with Gasteiger partial charge in [0, 0.05) is 12.8 Å². The van der Waals surface area contributed by atoms with Gasteiger partial charge in [0.05, 0.1) is 17.2 Å². The van der Waals surface area contributed by atoms with Crippen LogP contribution in [-0.4, -0.2) is 34.2 Å². The van der Waals surface area contributed by atoms with Crippen LogP contribution in [0.1, 0.15) is 49.9 Å². The Morgan fingerprint density at radius 1 is 1.21 bits per heavy atom. The molecule has 1 fully saturated rings. The summed E-state index contributed by atoms with van der Waals surface area (Å²) >= 11 is 0. The van der Waals surface area contributed by atoms with Gasteiger partial charge in [-0.1, -0.05) is 6.42 Å². The van der Waals surface area contributed by atoms with Crippen molar-refractivity contribution in [3.8, 4) is 0 Å². The molecule has 1 saturated heterocycles. The summed E-state index contributed by atoms with van der Waals surface area (Å²) in [6, 6.07) is 0. The molecule has 0 spiro atoms. The number of hydrogen-bond donors (Lipinski definition) is 1. The zero-order valence-electron chi connectivity index (χ0n) is 11.0. The third-order valence-corrected chi connectivity index (χ3v) is 6.47. The molecule has 0 bridgehead atoms. The molecular weight excluding hydrogens is 264 g/mol. The molecule has 3 heterocycles. The van der Waals surface area contributed by atoms with Crippen molar-refractivity contribution in [2.75, 3.05) is 5.75 Å². The normalized spacial score (nSPS) is 29.9. The van der Waals surface area contributed by atoms with Gasteiger partial charge in [-0.2, -0.15) is 0 Å². The third kappa shape index (κ3) is 2.41. The van der Waals surface area contributed by atoms with E-state index in [2.05, 4.69) is 10.2 Å². The van der Waals surface area contributed by atoms with E-state index in [1.165, 1.54) is 0 Å². The molecule has 2 atom stereocenters. The summed E-state index contributed by atoms with van der Waals surface area (Å²) in [5, 5.41) is 8.03. The molecule has 0 radical (unpaired) electrons. The van der Waals surface area contributed by atoms with Gasteiger partial charge in [0.1, 0.15) is 11.6 Å². The SMILES string of the molecule is NC1CCCc2nnc(CC3CCCCS3(=O)=O)n21. The van der Waals surface area contributed by atoms with Gasteiger partial charge in [0.2, 0.25) is 0 Å². The lowest BCUT2D eigenvalue weighted by atomic mass is 10.1. The largest absolute Gasteiger partial charge is 0.311 e. The summed E-state index contributed by atoms with van der Waals surface area (Å²) < 4.78 is 26.1. The fourth-order valence-corrected chi connectivity index (χ4v) is 4.97. The second-order valence-electron chi connectivity index (χ2n) is 5.55. The van der Waals surface area contributed by atoms with Crippen molar-refractivity contribution < 1.29 is 8.42 Å². The molecule has 1 aromatic heterocycles. The van der Waals surface area contributed by atoms with Crippen molar-refractivity contribution in [2.24, 2.45) is 5.73 Å². The van der Waals surface area contributed by atoms with Crippen molar-refractivity contribution in [2.45, 2.75) is 56.4 Å². The lowest BCUT2D eigenvalue weighted by molar-refractivity contribution is 0.394. The lowest BCUT2D eigenvalue weighted by Gasteiger charge is -2.25. The van der Waals surface area contributed by atoms with Gasteiger partial charge in [0.15, 0.2) is 9.84 Å². The highest BCUT2D eigenvalue weighted by molar-refractivity contribution is 7.92. The molecule has 0 amide bonds. The first-order chi connectivity index (χ1) is 9.08. The maximum Gasteiger partial charge on any atom is 0.153 e. The van der Waals surface area contributed by atoms with E-state index in [1.807, 2.05) is 4.57 Å². The van der Waals surface area contributed by atoms with Gasteiger partial charge in [-0.25, -0.2) is 8.42 Å². The Balaban J connectivity index is 1.86. The van der Waals surface area contributed by atoms with Crippen LogP contribution < -0.4 is 5.73 Å². The predicted octanol–water partition coefficient (Wildman–Crippen LogP) is 0.582. The molecule has 19 heavy (non-hydrogen) atoms. The second-order valence-corrected chi connectivity index (χ2v) is 7.95. The number of aryl methyl sites for hydroxylation is 1. The zero-order chi connectivity index (χ0) is 13.5. The van der Waals surface area contributed by atoms with Crippen LogP contribution >= 0.6 is 0 Å². The van der Waals surface area contributed by atoms with Crippen LogP contribution in [0, 0.1) is 0 Å². The van der Waals surface area contributed by atoms with Gasteiger partial charge in [-0.05, 0) is 25.7 Å². The third-order valence-electron chi connectivity index (χ3n) is 4.19. The quantitative estimate of drug-likeness (QED) is 0.858. The summed E-state index contributed by atoms with van der Waals surface area (Å²) in [4.78, 5) is 0. The standard InChI is InChI=1S/C12H20N4O2S/c13-10-5-3-6-11-14-15-12(16(10)11)8-9-4-1-2-7-19(9,17)18/h9-10H,1-8,13H2. The Morgan fingerprint density at radius 2 is 2.05 bits per heavy atom. The molecular formula is C12H20N4O2S. The van der Waals surface area contributed by atoms with Crippen molar-refractivity contribution in [3.63, 3.8) is 0 Å². The molecule has 6 nitrogen and oxygen atoms in total. The van der Waals surface area contributed by atoms with Crippen LogP contribution in [0.25, 0.3) is 0 Å².